The maximum atomic E-state index is 15.8. The first-order chi connectivity index (χ1) is 23.1. The molecule has 0 amide bonds. The van der Waals surface area contributed by atoms with Gasteiger partial charge in [-0.05, 0) is 80.1 Å². The van der Waals surface area contributed by atoms with Gasteiger partial charge >= 0.3 is 0 Å². The van der Waals surface area contributed by atoms with Gasteiger partial charge in [0.15, 0.2) is 17.3 Å². The minimum absolute atomic E-state index is 0.126. The molecule has 290 valence electrons. The summed E-state index contributed by atoms with van der Waals surface area (Å²) in [5.74, 6) is -2.52. The van der Waals surface area contributed by atoms with Crippen LogP contribution >= 0.6 is 0 Å². The molecule has 52 heavy (non-hydrogen) atoms. The van der Waals surface area contributed by atoms with Crippen LogP contribution in [0.15, 0.2) is 0 Å². The zero-order chi connectivity index (χ0) is 40.2. The number of hydrogen-bond donors (Lipinski definition) is 3. The first-order valence-electron chi connectivity index (χ1n) is 18.5. The third kappa shape index (κ3) is 4.38. The summed E-state index contributed by atoms with van der Waals surface area (Å²) in [6.07, 6.45) is 0. The molecule has 3 aromatic rings. The molecule has 1 atom stereocenters. The fraction of sp³-hybridized carbons (Fsp3) is 0.732. The van der Waals surface area contributed by atoms with Crippen molar-refractivity contribution in [2.45, 2.75) is 166 Å². The topological polar surface area (TPSA) is 97.1 Å². The molecule has 0 spiro atoms. The molecule has 0 bridgehead atoms. The van der Waals surface area contributed by atoms with Crippen LogP contribution in [0, 0.1) is 65.3 Å². The standard InChI is InChI=1S/C41H63F3N6O2/c1-21-24(42)22(2)26(44)28(25(21)43)47-31-46-27-23(3)45-30(48-29(27)50(31)40(19)36(12,13)37(14,15)52-38(40,16)17)49-39(18)32(4,5)34(8,9)41(20,51)35(10,11)33(39,6)7/h51H,1-20H3,(H,46,47)(H,45,48,49). The molecule has 3 N–H and O–H groups in total. The number of imidazole rings is 1. The highest BCUT2D eigenvalue weighted by molar-refractivity contribution is 5.80. The van der Waals surface area contributed by atoms with E-state index in [9.17, 15) is 9.50 Å². The Morgan fingerprint density at radius 2 is 1.06 bits per heavy atom. The molecule has 0 radical (unpaired) electrons. The van der Waals surface area contributed by atoms with E-state index in [4.69, 9.17) is 19.7 Å². The van der Waals surface area contributed by atoms with E-state index in [1.54, 1.807) is 0 Å². The van der Waals surface area contributed by atoms with Gasteiger partial charge in [0.05, 0.1) is 28.0 Å². The van der Waals surface area contributed by atoms with Crippen molar-refractivity contribution in [1.82, 2.24) is 19.5 Å². The number of ether oxygens (including phenoxy) is 1. The fourth-order valence-electron chi connectivity index (χ4n) is 10.1. The zero-order valence-electron chi connectivity index (χ0n) is 35.3. The third-order valence-electron chi connectivity index (χ3n) is 16.9. The lowest BCUT2D eigenvalue weighted by Gasteiger charge is -2.75. The predicted molar refractivity (Wildman–Crippen MR) is 204 cm³/mol. The van der Waals surface area contributed by atoms with E-state index in [1.807, 2.05) is 46.1 Å². The van der Waals surface area contributed by atoms with E-state index in [0.29, 0.717) is 22.8 Å². The Balaban J connectivity index is 1.86. The molecular formula is C41H63F3N6O2. The highest BCUT2D eigenvalue weighted by Gasteiger charge is 2.75. The van der Waals surface area contributed by atoms with Gasteiger partial charge in [-0.2, -0.15) is 4.98 Å². The third-order valence-corrected chi connectivity index (χ3v) is 16.9. The van der Waals surface area contributed by atoms with Crippen molar-refractivity contribution >= 4 is 28.7 Å². The number of benzene rings is 1. The zero-order valence-corrected chi connectivity index (χ0v) is 35.3. The number of nitrogens with zero attached hydrogens (tertiary/aromatic N) is 4. The molecule has 2 aromatic heterocycles. The van der Waals surface area contributed by atoms with Crippen LogP contribution in [0.2, 0.25) is 0 Å². The van der Waals surface area contributed by atoms with Gasteiger partial charge in [0.1, 0.15) is 17.0 Å². The molecule has 5 rings (SSSR count). The van der Waals surface area contributed by atoms with Crippen molar-refractivity contribution in [3.63, 3.8) is 0 Å². The van der Waals surface area contributed by atoms with Crippen molar-refractivity contribution < 1.29 is 23.0 Å². The molecule has 3 heterocycles. The van der Waals surface area contributed by atoms with Gasteiger partial charge in [-0.15, -0.1) is 0 Å². The van der Waals surface area contributed by atoms with E-state index < -0.39 is 78.1 Å². The SMILES string of the molecule is Cc1c(F)c(C)c(F)c(Nc2nc3c(C)nc(NC4(C)C(C)(C)C(C)(C)C(C)(O)C(C)(C)C4(C)C)nc3n2C2(C)C(C)(C)OC(C)(C)C2(C)C)c1F. The Hall–Kier alpha value is -2.92. The highest BCUT2D eigenvalue weighted by Crippen LogP contribution is 2.72. The van der Waals surface area contributed by atoms with Gasteiger partial charge in [0.25, 0.3) is 0 Å². The average molecular weight is 729 g/mol. The van der Waals surface area contributed by atoms with Crippen LogP contribution in [-0.4, -0.2) is 47.0 Å². The number of aromatic nitrogens is 4. The Labute approximate surface area is 309 Å². The lowest BCUT2D eigenvalue weighted by Crippen LogP contribution is -2.80. The minimum atomic E-state index is -1.04. The number of rotatable bonds is 5. The number of aryl methyl sites for hydroxylation is 1. The Bertz CT molecular complexity index is 1930. The monoisotopic (exact) mass is 728 g/mol. The second kappa shape index (κ2) is 10.9. The quantitative estimate of drug-likeness (QED) is 0.241. The fourth-order valence-corrected chi connectivity index (χ4v) is 10.1. The van der Waals surface area contributed by atoms with Gasteiger partial charge in [0, 0.05) is 32.9 Å². The van der Waals surface area contributed by atoms with Gasteiger partial charge in [0.2, 0.25) is 11.9 Å². The molecule has 1 aromatic carbocycles. The number of fused-ring (bicyclic) bond motifs is 1. The Kier molecular flexibility index (Phi) is 8.41. The summed E-state index contributed by atoms with van der Waals surface area (Å²) in [5.41, 5.74) is -6.59. The molecule has 2 aliphatic rings. The average Bonchev–Trinajstić information content (AvgIpc) is 3.41. The number of nitrogens with one attached hydrogen (secondary N) is 2. The van der Waals surface area contributed by atoms with Crippen LogP contribution < -0.4 is 10.6 Å². The lowest BCUT2D eigenvalue weighted by atomic mass is 9.33. The lowest BCUT2D eigenvalue weighted by molar-refractivity contribution is -0.287. The maximum Gasteiger partial charge on any atom is 0.225 e. The smallest absolute Gasteiger partial charge is 0.225 e. The van der Waals surface area contributed by atoms with E-state index >= 15 is 8.78 Å². The van der Waals surface area contributed by atoms with Crippen molar-refractivity contribution in [3.8, 4) is 0 Å². The Morgan fingerprint density at radius 1 is 0.596 bits per heavy atom. The first-order valence-corrected chi connectivity index (χ1v) is 18.5. The first kappa shape index (κ1) is 40.3. The van der Waals surface area contributed by atoms with Crippen molar-refractivity contribution in [2.75, 3.05) is 10.6 Å². The van der Waals surface area contributed by atoms with Crippen LogP contribution in [-0.2, 0) is 10.3 Å². The van der Waals surface area contributed by atoms with E-state index in [0.717, 1.165) is 0 Å². The summed E-state index contributed by atoms with van der Waals surface area (Å²) in [6, 6.07) is 0. The molecular weight excluding hydrogens is 665 g/mol. The number of anilines is 3. The molecule has 1 aliphatic heterocycles. The molecule has 1 aliphatic carbocycles. The van der Waals surface area contributed by atoms with Gasteiger partial charge < -0.3 is 20.5 Å². The summed E-state index contributed by atoms with van der Waals surface area (Å²) >= 11 is 0. The van der Waals surface area contributed by atoms with Crippen LogP contribution in [0.3, 0.4) is 0 Å². The predicted octanol–water partition coefficient (Wildman–Crippen LogP) is 10.3. The summed E-state index contributed by atoms with van der Waals surface area (Å²) in [7, 11) is 0. The van der Waals surface area contributed by atoms with Gasteiger partial charge in [-0.3, -0.25) is 4.57 Å². The van der Waals surface area contributed by atoms with Gasteiger partial charge in [-0.1, -0.05) is 69.2 Å². The molecule has 1 unspecified atom stereocenters. The largest absolute Gasteiger partial charge is 0.389 e. The number of hydrogen-bond acceptors (Lipinski definition) is 7. The molecule has 1 saturated carbocycles. The summed E-state index contributed by atoms with van der Waals surface area (Å²) in [5, 5.41) is 19.0. The van der Waals surface area contributed by atoms with Crippen molar-refractivity contribution in [3.05, 3.63) is 34.3 Å². The van der Waals surface area contributed by atoms with Crippen LogP contribution in [0.25, 0.3) is 11.2 Å². The van der Waals surface area contributed by atoms with E-state index in [1.165, 1.54) is 13.8 Å². The summed E-state index contributed by atoms with van der Waals surface area (Å²) in [4.78, 5) is 15.2. The molecule has 11 heteroatoms. The second-order valence-corrected chi connectivity index (χ2v) is 19.9. The summed E-state index contributed by atoms with van der Waals surface area (Å²) in [6.45, 7) is 40.1. The normalized spacial score (nSPS) is 30.8. The van der Waals surface area contributed by atoms with Crippen LogP contribution in [0.5, 0.6) is 0 Å². The summed E-state index contributed by atoms with van der Waals surface area (Å²) < 4.78 is 55.1. The van der Waals surface area contributed by atoms with E-state index in [2.05, 4.69) is 93.7 Å². The molecule has 1 saturated heterocycles. The second-order valence-electron chi connectivity index (χ2n) is 19.9. The van der Waals surface area contributed by atoms with Gasteiger partial charge in [-0.25, -0.2) is 23.1 Å². The van der Waals surface area contributed by atoms with Crippen LogP contribution in [0.4, 0.5) is 30.8 Å². The number of aliphatic hydroxyl groups is 1. The maximum absolute atomic E-state index is 15.8. The number of halogens is 3. The Morgan fingerprint density at radius 3 is 1.48 bits per heavy atom. The van der Waals surface area contributed by atoms with E-state index in [-0.39, 0.29) is 17.1 Å². The van der Waals surface area contributed by atoms with Crippen molar-refractivity contribution in [1.29, 1.82) is 0 Å². The molecule has 8 nitrogen and oxygen atoms in total. The van der Waals surface area contributed by atoms with Crippen LogP contribution in [0.1, 0.15) is 135 Å². The minimum Gasteiger partial charge on any atom is -0.389 e. The van der Waals surface area contributed by atoms with Crippen molar-refractivity contribution in [2.24, 2.45) is 27.1 Å². The molecule has 2 fully saturated rings. The highest BCUT2D eigenvalue weighted by atomic mass is 19.1.